The zero-order valence-electron chi connectivity index (χ0n) is 12.0. The summed E-state index contributed by atoms with van der Waals surface area (Å²) in [5.41, 5.74) is 0.950. The fraction of sp³-hybridized carbons (Fsp3) is 0.643. The van der Waals surface area contributed by atoms with Crippen LogP contribution in [0.3, 0.4) is 0 Å². The summed E-state index contributed by atoms with van der Waals surface area (Å²) in [5.74, 6) is -1.84. The Kier molecular flexibility index (Phi) is 4.42. The summed E-state index contributed by atoms with van der Waals surface area (Å²) < 4.78 is 1.69. The first-order valence-corrected chi connectivity index (χ1v) is 6.94. The van der Waals surface area contributed by atoms with Crippen LogP contribution < -0.4 is 0 Å². The largest absolute Gasteiger partial charge is 0.481 e. The van der Waals surface area contributed by atoms with E-state index >= 15 is 0 Å². The monoisotopic (exact) mass is 279 g/mol. The normalized spacial score (nSPS) is 22.5. The standard InChI is InChI=1S/C14H21N3O3/c1-16(8-10-7-15-17(2)9-10)13(18)11-5-3-4-6-12(11)14(19)20/h7,9,11-12H,3-6,8H2,1-2H3,(H,19,20)/t11-,12+/m1/s1. The Balaban J connectivity index is 2.02. The molecule has 1 aromatic rings. The van der Waals surface area contributed by atoms with Crippen molar-refractivity contribution in [2.75, 3.05) is 7.05 Å². The summed E-state index contributed by atoms with van der Waals surface area (Å²) in [7, 11) is 3.55. The molecule has 0 aliphatic heterocycles. The molecule has 2 atom stereocenters. The minimum absolute atomic E-state index is 0.0686. The first-order chi connectivity index (χ1) is 9.49. The Bertz CT molecular complexity index is 498. The summed E-state index contributed by atoms with van der Waals surface area (Å²) in [6, 6.07) is 0. The Hall–Kier alpha value is -1.85. The van der Waals surface area contributed by atoms with E-state index in [2.05, 4.69) is 5.10 Å². The van der Waals surface area contributed by atoms with E-state index in [4.69, 9.17) is 0 Å². The molecular weight excluding hydrogens is 258 g/mol. The number of nitrogens with zero attached hydrogens (tertiary/aromatic N) is 3. The Morgan fingerprint density at radius 2 is 2.05 bits per heavy atom. The van der Waals surface area contributed by atoms with Crippen LogP contribution in [-0.2, 0) is 23.2 Å². The Morgan fingerprint density at radius 3 is 2.60 bits per heavy atom. The smallest absolute Gasteiger partial charge is 0.307 e. The number of hydrogen-bond acceptors (Lipinski definition) is 3. The lowest BCUT2D eigenvalue weighted by molar-refractivity contribution is -0.152. The van der Waals surface area contributed by atoms with Crippen molar-refractivity contribution in [2.45, 2.75) is 32.2 Å². The van der Waals surface area contributed by atoms with Gasteiger partial charge in [0.25, 0.3) is 0 Å². The first-order valence-electron chi connectivity index (χ1n) is 6.94. The lowest BCUT2D eigenvalue weighted by atomic mass is 9.78. The van der Waals surface area contributed by atoms with Crippen molar-refractivity contribution in [1.82, 2.24) is 14.7 Å². The van der Waals surface area contributed by atoms with E-state index in [0.29, 0.717) is 19.4 Å². The minimum atomic E-state index is -0.849. The van der Waals surface area contributed by atoms with Gasteiger partial charge in [0.1, 0.15) is 0 Å². The third-order valence-corrected chi connectivity index (χ3v) is 3.95. The third-order valence-electron chi connectivity index (χ3n) is 3.95. The molecule has 6 nitrogen and oxygen atoms in total. The van der Waals surface area contributed by atoms with Gasteiger partial charge in [-0.2, -0.15) is 5.10 Å². The fourth-order valence-electron chi connectivity index (χ4n) is 2.91. The van der Waals surface area contributed by atoms with Crippen molar-refractivity contribution < 1.29 is 14.7 Å². The van der Waals surface area contributed by atoms with Gasteiger partial charge in [-0.05, 0) is 12.8 Å². The predicted molar refractivity (Wildman–Crippen MR) is 72.8 cm³/mol. The van der Waals surface area contributed by atoms with Crippen molar-refractivity contribution in [1.29, 1.82) is 0 Å². The number of carboxylic acid groups (broad SMARTS) is 1. The van der Waals surface area contributed by atoms with Crippen LogP contribution in [0.5, 0.6) is 0 Å². The minimum Gasteiger partial charge on any atom is -0.481 e. The van der Waals surface area contributed by atoms with Crippen LogP contribution in [0.4, 0.5) is 0 Å². The molecule has 2 rings (SSSR count). The van der Waals surface area contributed by atoms with Crippen molar-refractivity contribution in [3.63, 3.8) is 0 Å². The maximum absolute atomic E-state index is 12.5. The molecule has 110 valence electrons. The lowest BCUT2D eigenvalue weighted by Gasteiger charge is -2.30. The number of aromatic nitrogens is 2. The highest BCUT2D eigenvalue weighted by atomic mass is 16.4. The average Bonchev–Trinajstić information content (AvgIpc) is 2.83. The number of carbonyl (C=O) groups excluding carboxylic acids is 1. The van der Waals surface area contributed by atoms with Crippen LogP contribution in [0.2, 0.25) is 0 Å². The molecule has 1 aromatic heterocycles. The summed E-state index contributed by atoms with van der Waals surface area (Å²) in [4.78, 5) is 25.3. The van der Waals surface area contributed by atoms with E-state index in [0.717, 1.165) is 18.4 Å². The van der Waals surface area contributed by atoms with Crippen molar-refractivity contribution >= 4 is 11.9 Å². The second-order valence-electron chi connectivity index (χ2n) is 5.55. The molecule has 1 aliphatic rings. The SMILES string of the molecule is CN(Cc1cnn(C)c1)C(=O)[C@@H]1CCCC[C@@H]1C(=O)O. The van der Waals surface area contributed by atoms with Gasteiger partial charge >= 0.3 is 5.97 Å². The molecule has 1 saturated carbocycles. The molecule has 6 heteroatoms. The quantitative estimate of drug-likeness (QED) is 0.900. The lowest BCUT2D eigenvalue weighted by Crippen LogP contribution is -2.40. The number of rotatable bonds is 4. The van der Waals surface area contributed by atoms with E-state index in [1.54, 1.807) is 22.8 Å². The molecule has 0 aromatic carbocycles. The maximum atomic E-state index is 12.5. The van der Waals surface area contributed by atoms with Gasteiger partial charge < -0.3 is 10.0 Å². The zero-order chi connectivity index (χ0) is 14.7. The third kappa shape index (κ3) is 3.18. The second kappa shape index (κ2) is 6.07. The van der Waals surface area contributed by atoms with E-state index in [9.17, 15) is 14.7 Å². The van der Waals surface area contributed by atoms with E-state index < -0.39 is 11.9 Å². The van der Waals surface area contributed by atoms with Crippen LogP contribution in [0, 0.1) is 11.8 Å². The molecule has 0 saturated heterocycles. The number of amides is 1. The maximum Gasteiger partial charge on any atom is 0.307 e. The van der Waals surface area contributed by atoms with Crippen LogP contribution in [0.25, 0.3) is 0 Å². The molecule has 1 aliphatic carbocycles. The van der Waals surface area contributed by atoms with Crippen LogP contribution in [-0.4, -0.2) is 38.7 Å². The summed E-state index contributed by atoms with van der Waals surface area (Å²) in [5, 5.41) is 13.3. The highest BCUT2D eigenvalue weighted by Gasteiger charge is 2.37. The highest BCUT2D eigenvalue weighted by molar-refractivity contribution is 5.84. The summed E-state index contributed by atoms with van der Waals surface area (Å²) in [6.45, 7) is 0.468. The first kappa shape index (κ1) is 14.6. The van der Waals surface area contributed by atoms with Gasteiger partial charge in [-0.15, -0.1) is 0 Å². The molecule has 1 amide bonds. The van der Waals surface area contributed by atoms with Crippen molar-refractivity contribution in [3.05, 3.63) is 18.0 Å². The molecule has 0 bridgehead atoms. The number of aryl methyl sites for hydroxylation is 1. The van der Waals surface area contributed by atoms with Gasteiger partial charge in [0.2, 0.25) is 5.91 Å². The van der Waals surface area contributed by atoms with Crippen molar-refractivity contribution in [2.24, 2.45) is 18.9 Å². The Morgan fingerprint density at radius 1 is 1.40 bits per heavy atom. The molecule has 1 fully saturated rings. The van der Waals surface area contributed by atoms with Gasteiger partial charge in [0, 0.05) is 32.4 Å². The van der Waals surface area contributed by atoms with Crippen LogP contribution in [0.15, 0.2) is 12.4 Å². The number of carboxylic acids is 1. The molecule has 1 N–H and O–H groups in total. The predicted octanol–water partition coefficient (Wildman–Crippen LogP) is 1.27. The molecule has 0 spiro atoms. The van der Waals surface area contributed by atoms with Crippen LogP contribution in [0.1, 0.15) is 31.2 Å². The van der Waals surface area contributed by atoms with Gasteiger partial charge in [-0.25, -0.2) is 0 Å². The number of hydrogen-bond donors (Lipinski definition) is 1. The molecular formula is C14H21N3O3. The molecule has 1 heterocycles. The van der Waals surface area contributed by atoms with Crippen LogP contribution >= 0.6 is 0 Å². The summed E-state index contributed by atoms with van der Waals surface area (Å²) >= 11 is 0. The zero-order valence-corrected chi connectivity index (χ0v) is 12.0. The molecule has 0 unspecified atom stereocenters. The van der Waals surface area contributed by atoms with Gasteiger partial charge in [0.15, 0.2) is 0 Å². The molecule has 20 heavy (non-hydrogen) atoms. The number of aliphatic carboxylic acids is 1. The topological polar surface area (TPSA) is 75.4 Å². The van der Waals surface area contributed by atoms with Crippen molar-refractivity contribution in [3.8, 4) is 0 Å². The highest BCUT2D eigenvalue weighted by Crippen LogP contribution is 2.31. The number of carbonyl (C=O) groups is 2. The molecule has 0 radical (unpaired) electrons. The van der Waals surface area contributed by atoms with Gasteiger partial charge in [-0.3, -0.25) is 14.3 Å². The van der Waals surface area contributed by atoms with E-state index in [-0.39, 0.29) is 11.8 Å². The van der Waals surface area contributed by atoms with E-state index in [1.165, 1.54) is 0 Å². The van der Waals surface area contributed by atoms with Gasteiger partial charge in [0.05, 0.1) is 18.0 Å². The second-order valence-corrected chi connectivity index (χ2v) is 5.55. The Labute approximate surface area is 118 Å². The fourth-order valence-corrected chi connectivity index (χ4v) is 2.91. The van der Waals surface area contributed by atoms with Gasteiger partial charge in [-0.1, -0.05) is 12.8 Å². The van der Waals surface area contributed by atoms with E-state index in [1.807, 2.05) is 13.2 Å². The summed E-state index contributed by atoms with van der Waals surface area (Å²) in [6.07, 6.45) is 6.69. The average molecular weight is 279 g/mol.